The van der Waals surface area contributed by atoms with E-state index in [1.807, 2.05) is 0 Å². The standard InChI is InChI=1S/C19H35N3O/c1-18(2,3)16-11-15(12-21-13-16)17(23)22-10-5-4-7-19(22)8-6-9-20-14-19/h15-16,20-21H,4-14H2,1-3H3/t15-,16+,19?/m1/s1. The average Bonchev–Trinajstić information content (AvgIpc) is 2.55. The van der Waals surface area contributed by atoms with Crippen molar-refractivity contribution >= 4 is 5.91 Å². The van der Waals surface area contributed by atoms with E-state index < -0.39 is 0 Å². The molecule has 3 fully saturated rings. The van der Waals surface area contributed by atoms with E-state index >= 15 is 0 Å². The molecule has 1 amide bonds. The van der Waals surface area contributed by atoms with Gasteiger partial charge in [0.05, 0.1) is 11.5 Å². The van der Waals surface area contributed by atoms with Gasteiger partial charge in [-0.25, -0.2) is 0 Å². The summed E-state index contributed by atoms with van der Waals surface area (Å²) in [4.78, 5) is 15.6. The van der Waals surface area contributed by atoms with E-state index in [1.165, 1.54) is 32.1 Å². The molecule has 3 aliphatic rings. The molecule has 3 aliphatic heterocycles. The van der Waals surface area contributed by atoms with E-state index in [0.29, 0.717) is 11.8 Å². The molecule has 0 aromatic rings. The van der Waals surface area contributed by atoms with Gasteiger partial charge in [0.15, 0.2) is 0 Å². The summed E-state index contributed by atoms with van der Waals surface area (Å²) in [6, 6.07) is 0. The molecule has 0 saturated carbocycles. The number of carbonyl (C=O) groups is 1. The van der Waals surface area contributed by atoms with E-state index in [2.05, 4.69) is 36.3 Å². The molecule has 3 atom stereocenters. The zero-order valence-electron chi connectivity index (χ0n) is 15.3. The number of likely N-dealkylation sites (tertiary alicyclic amines) is 1. The van der Waals surface area contributed by atoms with E-state index in [4.69, 9.17) is 0 Å². The lowest BCUT2D eigenvalue weighted by Crippen LogP contribution is -2.63. The second-order valence-corrected chi connectivity index (χ2v) is 9.11. The molecule has 3 heterocycles. The Balaban J connectivity index is 1.72. The van der Waals surface area contributed by atoms with Gasteiger partial charge in [-0.1, -0.05) is 20.8 Å². The van der Waals surface area contributed by atoms with Crippen molar-refractivity contribution in [3.8, 4) is 0 Å². The molecule has 0 bridgehead atoms. The second kappa shape index (κ2) is 6.72. The highest BCUT2D eigenvalue weighted by Gasteiger charge is 2.45. The van der Waals surface area contributed by atoms with Crippen LogP contribution in [0.25, 0.3) is 0 Å². The molecule has 3 rings (SSSR count). The fraction of sp³-hybridized carbons (Fsp3) is 0.947. The Hall–Kier alpha value is -0.610. The molecule has 1 unspecified atom stereocenters. The Labute approximate surface area is 141 Å². The van der Waals surface area contributed by atoms with Crippen molar-refractivity contribution < 1.29 is 4.79 Å². The van der Waals surface area contributed by atoms with Crippen LogP contribution in [0, 0.1) is 17.3 Å². The highest BCUT2D eigenvalue weighted by molar-refractivity contribution is 5.80. The lowest BCUT2D eigenvalue weighted by Gasteiger charge is -2.51. The van der Waals surface area contributed by atoms with E-state index in [-0.39, 0.29) is 16.9 Å². The third-order valence-electron chi connectivity index (χ3n) is 6.49. The Kier molecular flexibility index (Phi) is 5.03. The molecule has 0 aromatic carbocycles. The Morgan fingerprint density at radius 1 is 1.09 bits per heavy atom. The quantitative estimate of drug-likeness (QED) is 0.779. The first kappa shape index (κ1) is 17.2. The van der Waals surface area contributed by atoms with Crippen molar-refractivity contribution in [2.24, 2.45) is 17.3 Å². The van der Waals surface area contributed by atoms with Gasteiger partial charge in [0.2, 0.25) is 5.91 Å². The summed E-state index contributed by atoms with van der Waals surface area (Å²) < 4.78 is 0. The molecule has 1 spiro atoms. The molecule has 4 heteroatoms. The molecule has 3 saturated heterocycles. The third-order valence-corrected chi connectivity index (χ3v) is 6.49. The smallest absolute Gasteiger partial charge is 0.227 e. The van der Waals surface area contributed by atoms with Crippen LogP contribution >= 0.6 is 0 Å². The number of amides is 1. The van der Waals surface area contributed by atoms with Gasteiger partial charge in [0.1, 0.15) is 0 Å². The lowest BCUT2D eigenvalue weighted by atomic mass is 9.73. The largest absolute Gasteiger partial charge is 0.335 e. The van der Waals surface area contributed by atoms with Crippen LogP contribution in [0.2, 0.25) is 0 Å². The summed E-state index contributed by atoms with van der Waals surface area (Å²) in [5, 5.41) is 7.10. The van der Waals surface area contributed by atoms with Gasteiger partial charge < -0.3 is 15.5 Å². The number of carbonyl (C=O) groups excluding carboxylic acids is 1. The number of nitrogens with one attached hydrogen (secondary N) is 2. The predicted molar refractivity (Wildman–Crippen MR) is 94.3 cm³/mol. The Bertz CT molecular complexity index is 415. The fourth-order valence-electron chi connectivity index (χ4n) is 4.85. The minimum absolute atomic E-state index is 0.113. The lowest BCUT2D eigenvalue weighted by molar-refractivity contribution is -0.147. The number of hydrogen-bond donors (Lipinski definition) is 2. The summed E-state index contributed by atoms with van der Waals surface area (Å²) in [6.07, 6.45) is 7.09. The SMILES string of the molecule is CC(C)(C)[C@@H]1CNC[C@H](C(=O)N2CCCCC23CCCNC3)C1. The molecule has 2 N–H and O–H groups in total. The van der Waals surface area contributed by atoms with Crippen LogP contribution in [0.5, 0.6) is 0 Å². The van der Waals surface area contributed by atoms with Crippen LogP contribution in [-0.2, 0) is 4.79 Å². The number of piperidine rings is 3. The van der Waals surface area contributed by atoms with Gasteiger partial charge >= 0.3 is 0 Å². The van der Waals surface area contributed by atoms with Crippen molar-refractivity contribution in [2.75, 3.05) is 32.7 Å². The number of rotatable bonds is 1. The predicted octanol–water partition coefficient (Wildman–Crippen LogP) is 2.39. The minimum atomic E-state index is 0.113. The zero-order valence-corrected chi connectivity index (χ0v) is 15.3. The van der Waals surface area contributed by atoms with Crippen molar-refractivity contribution in [1.82, 2.24) is 15.5 Å². The van der Waals surface area contributed by atoms with Crippen molar-refractivity contribution in [2.45, 2.75) is 64.8 Å². The molecule has 132 valence electrons. The highest BCUT2D eigenvalue weighted by atomic mass is 16.2. The van der Waals surface area contributed by atoms with Crippen LogP contribution < -0.4 is 10.6 Å². The van der Waals surface area contributed by atoms with Crippen LogP contribution in [0.3, 0.4) is 0 Å². The van der Waals surface area contributed by atoms with Crippen molar-refractivity contribution in [1.29, 1.82) is 0 Å². The van der Waals surface area contributed by atoms with Gasteiger partial charge in [0, 0.05) is 19.6 Å². The molecule has 0 radical (unpaired) electrons. The first-order chi connectivity index (χ1) is 10.9. The maximum atomic E-state index is 13.4. The minimum Gasteiger partial charge on any atom is -0.335 e. The van der Waals surface area contributed by atoms with E-state index in [9.17, 15) is 4.79 Å². The van der Waals surface area contributed by atoms with Crippen LogP contribution in [-0.4, -0.2) is 49.1 Å². The second-order valence-electron chi connectivity index (χ2n) is 9.11. The molecule has 23 heavy (non-hydrogen) atoms. The number of nitrogens with zero attached hydrogens (tertiary/aromatic N) is 1. The highest BCUT2D eigenvalue weighted by Crippen LogP contribution is 2.38. The fourth-order valence-corrected chi connectivity index (χ4v) is 4.85. The van der Waals surface area contributed by atoms with Crippen LogP contribution in [0.1, 0.15) is 59.3 Å². The van der Waals surface area contributed by atoms with Crippen LogP contribution in [0.4, 0.5) is 0 Å². The molecular weight excluding hydrogens is 286 g/mol. The summed E-state index contributed by atoms with van der Waals surface area (Å²) >= 11 is 0. The normalized spacial score (nSPS) is 36.2. The van der Waals surface area contributed by atoms with E-state index in [1.54, 1.807) is 0 Å². The van der Waals surface area contributed by atoms with Gasteiger partial charge in [-0.2, -0.15) is 0 Å². The van der Waals surface area contributed by atoms with E-state index in [0.717, 1.165) is 39.1 Å². The summed E-state index contributed by atoms with van der Waals surface area (Å²) in [7, 11) is 0. The summed E-state index contributed by atoms with van der Waals surface area (Å²) in [5.74, 6) is 1.19. The first-order valence-electron chi connectivity index (χ1n) is 9.65. The average molecular weight is 322 g/mol. The number of hydrogen-bond acceptors (Lipinski definition) is 3. The topological polar surface area (TPSA) is 44.4 Å². The third kappa shape index (κ3) is 3.58. The molecule has 0 aromatic heterocycles. The molecule has 0 aliphatic carbocycles. The van der Waals surface area contributed by atoms with Gasteiger partial charge in [-0.3, -0.25) is 4.79 Å². The van der Waals surface area contributed by atoms with Gasteiger partial charge in [-0.15, -0.1) is 0 Å². The first-order valence-corrected chi connectivity index (χ1v) is 9.65. The maximum absolute atomic E-state index is 13.4. The monoisotopic (exact) mass is 321 g/mol. The summed E-state index contributed by atoms with van der Waals surface area (Å²) in [5.41, 5.74) is 0.389. The zero-order chi connectivity index (χ0) is 16.5. The van der Waals surface area contributed by atoms with Gasteiger partial charge in [0.25, 0.3) is 0 Å². The molecule has 4 nitrogen and oxygen atoms in total. The maximum Gasteiger partial charge on any atom is 0.227 e. The summed E-state index contributed by atoms with van der Waals surface area (Å²) in [6.45, 7) is 11.9. The molecular formula is C19H35N3O. The Morgan fingerprint density at radius 3 is 2.57 bits per heavy atom. The van der Waals surface area contributed by atoms with Crippen LogP contribution in [0.15, 0.2) is 0 Å². The van der Waals surface area contributed by atoms with Crippen molar-refractivity contribution in [3.63, 3.8) is 0 Å². The van der Waals surface area contributed by atoms with Crippen molar-refractivity contribution in [3.05, 3.63) is 0 Å². The Morgan fingerprint density at radius 2 is 1.87 bits per heavy atom. The van der Waals surface area contributed by atoms with Gasteiger partial charge in [-0.05, 0) is 62.9 Å².